The summed E-state index contributed by atoms with van der Waals surface area (Å²) < 4.78 is 5.74. The van der Waals surface area contributed by atoms with Crippen molar-refractivity contribution in [2.45, 2.75) is 117 Å². The second-order valence-corrected chi connectivity index (χ2v) is 17.9. The Morgan fingerprint density at radius 3 is 2.45 bits per heavy atom. The van der Waals surface area contributed by atoms with Gasteiger partial charge in [-0.1, -0.05) is 140 Å². The maximum Gasteiger partial charge on any atom is 0.255 e. The zero-order valence-corrected chi connectivity index (χ0v) is 40.0. The predicted octanol–water partition coefficient (Wildman–Crippen LogP) is 12.8. The molecule has 0 bridgehead atoms. The molecule has 8 heteroatoms. The van der Waals surface area contributed by atoms with Crippen molar-refractivity contribution in [2.75, 3.05) is 19.5 Å². The average molecular weight is 876 g/mol. The van der Waals surface area contributed by atoms with Gasteiger partial charge in [-0.05, 0) is 120 Å². The van der Waals surface area contributed by atoms with E-state index in [4.69, 9.17) is 9.72 Å². The molecule has 2 unspecified atom stereocenters. The summed E-state index contributed by atoms with van der Waals surface area (Å²) in [4.78, 5) is 32.2. The Bertz CT molecular complexity index is 2360. The number of ether oxygens (including phenoxy) is 1. The second-order valence-electron chi connectivity index (χ2n) is 17.9. The fourth-order valence-electron chi connectivity index (χ4n) is 9.11. The van der Waals surface area contributed by atoms with Crippen molar-refractivity contribution in [1.82, 2.24) is 15.2 Å². The molecule has 0 spiro atoms. The molecule has 3 aromatic carbocycles. The van der Waals surface area contributed by atoms with Crippen LogP contribution in [0.2, 0.25) is 0 Å². The average Bonchev–Trinajstić information content (AvgIpc) is 3.65. The maximum absolute atomic E-state index is 13.3. The zero-order chi connectivity index (χ0) is 46.9. The highest BCUT2D eigenvalue weighted by Gasteiger charge is 2.36. The molecule has 4 N–H and O–H groups in total. The number of allylic oxidation sites excluding steroid dienone is 5. The molecule has 1 saturated heterocycles. The van der Waals surface area contributed by atoms with Gasteiger partial charge in [0, 0.05) is 48.2 Å². The number of aldehydes is 1. The number of aryl methyl sites for hydroxylation is 2. The minimum Gasteiger partial charge on any atom is -0.496 e. The molecule has 7 rings (SSSR count). The summed E-state index contributed by atoms with van der Waals surface area (Å²) in [6.07, 6.45) is 20.9. The van der Waals surface area contributed by atoms with E-state index in [1.165, 1.54) is 42.2 Å². The quantitative estimate of drug-likeness (QED) is 0.0906. The highest BCUT2D eigenvalue weighted by Crippen LogP contribution is 2.39. The lowest BCUT2D eigenvalue weighted by Crippen LogP contribution is -2.43. The molecule has 4 aromatic rings. The third-order valence-electron chi connectivity index (χ3n) is 12.5. The fourth-order valence-corrected chi connectivity index (χ4v) is 9.11. The summed E-state index contributed by atoms with van der Waals surface area (Å²) in [5, 5.41) is 6.54. The Morgan fingerprint density at radius 1 is 0.985 bits per heavy atom. The van der Waals surface area contributed by atoms with Crippen molar-refractivity contribution in [3.05, 3.63) is 156 Å². The van der Waals surface area contributed by atoms with Crippen LogP contribution in [0.5, 0.6) is 5.75 Å². The van der Waals surface area contributed by atoms with Gasteiger partial charge in [-0.15, -0.1) is 0 Å². The van der Waals surface area contributed by atoms with E-state index < -0.39 is 0 Å². The maximum atomic E-state index is 13.3. The number of amides is 1. The third kappa shape index (κ3) is 13.0. The summed E-state index contributed by atoms with van der Waals surface area (Å²) in [7, 11) is 3.63. The van der Waals surface area contributed by atoms with Gasteiger partial charge in [-0.2, -0.15) is 0 Å². The summed E-state index contributed by atoms with van der Waals surface area (Å²) in [5.41, 5.74) is 18.8. The molecule has 1 aliphatic carbocycles. The van der Waals surface area contributed by atoms with Gasteiger partial charge in [-0.3, -0.25) is 4.79 Å². The summed E-state index contributed by atoms with van der Waals surface area (Å²) in [6.45, 7) is 21.1. The smallest absolute Gasteiger partial charge is 0.255 e. The van der Waals surface area contributed by atoms with Crippen LogP contribution in [-0.4, -0.2) is 42.3 Å². The summed E-state index contributed by atoms with van der Waals surface area (Å²) in [5.74, 6) is 2.60. The highest BCUT2D eigenvalue weighted by molar-refractivity contribution is 6.00. The number of benzene rings is 3. The largest absolute Gasteiger partial charge is 0.496 e. The monoisotopic (exact) mass is 876 g/mol. The first kappa shape index (κ1) is 49.9. The van der Waals surface area contributed by atoms with Crippen molar-refractivity contribution in [1.29, 1.82) is 0 Å². The molecule has 8 nitrogen and oxygen atoms in total. The number of rotatable bonds is 17. The number of aromatic nitrogens is 1. The first-order chi connectivity index (χ1) is 31.5. The van der Waals surface area contributed by atoms with Crippen LogP contribution in [0.15, 0.2) is 122 Å². The van der Waals surface area contributed by atoms with Gasteiger partial charge < -0.3 is 30.8 Å². The van der Waals surface area contributed by atoms with E-state index in [2.05, 4.69) is 131 Å². The van der Waals surface area contributed by atoms with Crippen LogP contribution in [0.4, 0.5) is 5.69 Å². The van der Waals surface area contributed by atoms with E-state index in [1.807, 2.05) is 30.1 Å². The number of methoxy groups -OCH3 is 1. The second kappa shape index (κ2) is 24.8. The molecule has 3 aliphatic rings. The molecule has 2 atom stereocenters. The van der Waals surface area contributed by atoms with Gasteiger partial charge in [0.2, 0.25) is 0 Å². The van der Waals surface area contributed by atoms with Gasteiger partial charge in [0.05, 0.1) is 24.5 Å². The van der Waals surface area contributed by atoms with Gasteiger partial charge in [0.15, 0.2) is 0 Å². The van der Waals surface area contributed by atoms with E-state index in [9.17, 15) is 9.59 Å². The number of hydrogen-bond donors (Lipinski definition) is 3. The molecule has 2 aliphatic heterocycles. The number of nitrogens with two attached hydrogens (primary N) is 1. The van der Waals surface area contributed by atoms with Crippen LogP contribution in [0.1, 0.15) is 124 Å². The Hall–Kier alpha value is -6.15. The van der Waals surface area contributed by atoms with Crippen molar-refractivity contribution in [2.24, 2.45) is 17.6 Å². The van der Waals surface area contributed by atoms with Crippen LogP contribution in [0, 0.1) is 11.8 Å². The Morgan fingerprint density at radius 2 is 1.77 bits per heavy atom. The number of pyridine rings is 1. The van der Waals surface area contributed by atoms with Gasteiger partial charge in [-0.25, -0.2) is 4.98 Å². The number of hydrogen-bond acceptors (Lipinski definition) is 7. The molecule has 1 fully saturated rings. The first-order valence-electron chi connectivity index (χ1n) is 23.6. The van der Waals surface area contributed by atoms with Crippen molar-refractivity contribution >= 4 is 23.5 Å². The molecule has 344 valence electrons. The molecule has 0 radical (unpaired) electrons. The standard InChI is InChI=1S/C30H32N2O2.C25H36N2O.C2H5N/c1-4-10-22-15-16-23(19-29(22)34-3)26-20-28(21-11-6-5-7-12-21)32-30(24(26)17-18-33)25-13-8-9-14-27(25)31-2;1-17(2)12-13-18(3)8-6-9-21-10-7-11-22-16-27(25(28)24(21)22)23-15-14-19(4)26-20(23)5;1-2-3/h6,8-9,11-16,18-20,31H,4-5,7,10,17H2,1-3H3;7,10-11,17-18,23,26H,4-6,8-9,12-16H2,1-3H3;2H,1,3H2. The van der Waals surface area contributed by atoms with E-state index in [1.54, 1.807) is 7.11 Å². The number of para-hydroxylation sites is 1. The van der Waals surface area contributed by atoms with E-state index >= 15 is 0 Å². The number of piperidine rings is 1. The molecule has 1 amide bonds. The SMILES string of the molecule is C=C1CCC(N2Cc3cccc(CCCC(C)CCC(C)C)c3C2=O)C(=C)N1.C=CN.CCCc1ccc(-c2cc(C3=CCCC=C3)nc(-c3ccccc3NC)c2CC=O)cc1OC. The van der Waals surface area contributed by atoms with Crippen LogP contribution in [0.3, 0.4) is 0 Å². The fraction of sp³-hybridized carbons (Fsp3) is 0.386. The van der Waals surface area contributed by atoms with Crippen LogP contribution < -0.4 is 21.1 Å². The van der Waals surface area contributed by atoms with Crippen LogP contribution >= 0.6 is 0 Å². The number of fused-ring (bicyclic) bond motifs is 1. The van der Waals surface area contributed by atoms with Gasteiger partial charge in [0.1, 0.15) is 12.0 Å². The topological polar surface area (TPSA) is 110 Å². The lowest BCUT2D eigenvalue weighted by molar-refractivity contribution is -0.107. The van der Waals surface area contributed by atoms with Crippen LogP contribution in [0.25, 0.3) is 28.0 Å². The van der Waals surface area contributed by atoms with Gasteiger partial charge >= 0.3 is 0 Å². The molecular weight excluding hydrogens is 803 g/mol. The number of nitrogens with zero attached hydrogens (tertiary/aromatic N) is 2. The molecule has 3 heterocycles. The Balaban J connectivity index is 0.000000234. The zero-order valence-electron chi connectivity index (χ0n) is 40.0. The Labute approximate surface area is 389 Å². The Kier molecular flexibility index (Phi) is 19.0. The van der Waals surface area contributed by atoms with Crippen molar-refractivity contribution in [3.8, 4) is 28.1 Å². The lowest BCUT2D eigenvalue weighted by atomic mass is 9.90. The number of anilines is 1. The van der Waals surface area contributed by atoms with E-state index in [-0.39, 0.29) is 18.4 Å². The lowest BCUT2D eigenvalue weighted by Gasteiger charge is -2.34. The normalized spacial score (nSPS) is 15.7. The van der Waals surface area contributed by atoms with Crippen molar-refractivity contribution < 1.29 is 14.3 Å². The summed E-state index contributed by atoms with van der Waals surface area (Å²) in [6, 6.07) is 23.1. The minimum absolute atomic E-state index is 0.0642. The van der Waals surface area contributed by atoms with Crippen molar-refractivity contribution in [3.63, 3.8) is 0 Å². The molecule has 1 aromatic heterocycles. The van der Waals surface area contributed by atoms with Gasteiger partial charge in [0.25, 0.3) is 5.91 Å². The molecular formula is C57H73N5O3. The molecule has 65 heavy (non-hydrogen) atoms. The highest BCUT2D eigenvalue weighted by atomic mass is 16.5. The first-order valence-corrected chi connectivity index (χ1v) is 23.6. The van der Waals surface area contributed by atoms with E-state index in [0.29, 0.717) is 6.54 Å². The van der Waals surface area contributed by atoms with E-state index in [0.717, 1.165) is 137 Å². The van der Waals surface area contributed by atoms with Crippen LogP contribution in [-0.2, 0) is 30.6 Å². The predicted molar refractivity (Wildman–Crippen MR) is 273 cm³/mol. The summed E-state index contributed by atoms with van der Waals surface area (Å²) >= 11 is 0. The number of carbonyl (C=O) groups excluding carboxylic acids is 2. The third-order valence-corrected chi connectivity index (χ3v) is 12.5. The molecule has 0 saturated carbocycles. The number of nitrogens with one attached hydrogen (secondary N) is 2. The number of carbonyl (C=O) groups is 2. The minimum atomic E-state index is 0.0642.